The molecule has 0 spiro atoms. The normalized spacial score (nSPS) is 10.1. The van der Waals surface area contributed by atoms with Gasteiger partial charge in [-0.15, -0.1) is 0 Å². The number of carbonyl (C=O) groups is 1. The lowest BCUT2D eigenvalue weighted by molar-refractivity contribution is 0.100. The molecule has 1 amide bonds. The highest BCUT2D eigenvalue weighted by molar-refractivity contribution is 7.80. The minimum Gasteiger partial charge on any atom is -0.492 e. The van der Waals surface area contributed by atoms with Crippen molar-refractivity contribution in [2.45, 2.75) is 0 Å². The number of primary amides is 1. The Bertz CT molecular complexity index is 739. The standard InChI is InChI=1S/C16H15Cl2N3O2S/c17-13-6-5-12(9-14(13)18)23-8-7-20-16(24)21-11-3-1-10(2-4-11)15(19)22/h1-6,9H,7-8H2,(H2,19,22)(H2,20,21,24). The predicted molar refractivity (Wildman–Crippen MR) is 101 cm³/mol. The Morgan fingerprint density at radius 1 is 1.12 bits per heavy atom. The molecule has 0 aliphatic heterocycles. The molecule has 126 valence electrons. The second-order valence-corrected chi connectivity index (χ2v) is 5.97. The molecule has 8 heteroatoms. The number of amides is 1. The summed E-state index contributed by atoms with van der Waals surface area (Å²) >= 11 is 16.9. The highest BCUT2D eigenvalue weighted by Crippen LogP contribution is 2.26. The first-order valence-electron chi connectivity index (χ1n) is 6.98. The summed E-state index contributed by atoms with van der Waals surface area (Å²) in [5.74, 6) is 0.161. The molecule has 0 aromatic heterocycles. The van der Waals surface area contributed by atoms with Crippen molar-refractivity contribution >= 4 is 52.1 Å². The van der Waals surface area contributed by atoms with Crippen LogP contribution in [0.3, 0.4) is 0 Å². The summed E-state index contributed by atoms with van der Waals surface area (Å²) in [5.41, 5.74) is 6.38. The maximum Gasteiger partial charge on any atom is 0.248 e. The summed E-state index contributed by atoms with van der Waals surface area (Å²) in [5, 5.41) is 7.38. The molecule has 2 rings (SSSR count). The van der Waals surface area contributed by atoms with Crippen LogP contribution in [0.25, 0.3) is 0 Å². The van der Waals surface area contributed by atoms with Crippen molar-refractivity contribution < 1.29 is 9.53 Å². The highest BCUT2D eigenvalue weighted by Gasteiger charge is 2.02. The van der Waals surface area contributed by atoms with Crippen molar-refractivity contribution in [3.63, 3.8) is 0 Å². The number of carbonyl (C=O) groups excluding carboxylic acids is 1. The zero-order chi connectivity index (χ0) is 17.5. The SMILES string of the molecule is NC(=O)c1ccc(NC(=S)NCCOc2ccc(Cl)c(Cl)c2)cc1. The minimum absolute atomic E-state index is 0.403. The molecule has 0 unspecified atom stereocenters. The monoisotopic (exact) mass is 383 g/mol. The summed E-state index contributed by atoms with van der Waals surface area (Å²) in [6.45, 7) is 0.909. The fraction of sp³-hybridized carbons (Fsp3) is 0.125. The van der Waals surface area contributed by atoms with Gasteiger partial charge in [0.2, 0.25) is 5.91 Å². The topological polar surface area (TPSA) is 76.4 Å². The summed E-state index contributed by atoms with van der Waals surface area (Å²) in [6.07, 6.45) is 0. The first-order chi connectivity index (χ1) is 11.5. The van der Waals surface area contributed by atoms with Crippen molar-refractivity contribution in [2.24, 2.45) is 5.73 Å². The second-order valence-electron chi connectivity index (χ2n) is 4.75. The fourth-order valence-electron chi connectivity index (χ4n) is 1.79. The zero-order valence-corrected chi connectivity index (χ0v) is 14.8. The number of nitrogens with two attached hydrogens (primary N) is 1. The van der Waals surface area contributed by atoms with E-state index < -0.39 is 5.91 Å². The lowest BCUT2D eigenvalue weighted by atomic mass is 10.2. The summed E-state index contributed by atoms with van der Waals surface area (Å²) in [6, 6.07) is 11.8. The van der Waals surface area contributed by atoms with Crippen LogP contribution in [0.5, 0.6) is 5.75 Å². The van der Waals surface area contributed by atoms with Gasteiger partial charge in [0.25, 0.3) is 0 Å². The van der Waals surface area contributed by atoms with Crippen LogP contribution in [0.2, 0.25) is 10.0 Å². The molecule has 5 nitrogen and oxygen atoms in total. The Morgan fingerprint density at radius 3 is 2.46 bits per heavy atom. The molecule has 0 aliphatic rings. The number of halogens is 2. The largest absolute Gasteiger partial charge is 0.492 e. The average Bonchev–Trinajstić information content (AvgIpc) is 2.55. The Morgan fingerprint density at radius 2 is 1.83 bits per heavy atom. The minimum atomic E-state index is -0.471. The van der Waals surface area contributed by atoms with Gasteiger partial charge in [0, 0.05) is 17.3 Å². The van der Waals surface area contributed by atoms with E-state index in [1.54, 1.807) is 42.5 Å². The highest BCUT2D eigenvalue weighted by atomic mass is 35.5. The van der Waals surface area contributed by atoms with Crippen molar-refractivity contribution in [1.82, 2.24) is 5.32 Å². The van der Waals surface area contributed by atoms with Crippen molar-refractivity contribution in [1.29, 1.82) is 0 Å². The van der Waals surface area contributed by atoms with E-state index in [9.17, 15) is 4.79 Å². The van der Waals surface area contributed by atoms with Crippen LogP contribution in [-0.2, 0) is 0 Å². The first-order valence-corrected chi connectivity index (χ1v) is 8.14. The van der Waals surface area contributed by atoms with Gasteiger partial charge in [-0.1, -0.05) is 23.2 Å². The number of hydrogen-bond acceptors (Lipinski definition) is 3. The summed E-state index contributed by atoms with van der Waals surface area (Å²) in [7, 11) is 0. The van der Waals surface area contributed by atoms with Gasteiger partial charge in [-0.25, -0.2) is 0 Å². The number of rotatable bonds is 6. The third kappa shape index (κ3) is 5.56. The molecule has 0 bridgehead atoms. The molecule has 0 saturated carbocycles. The van der Waals surface area contributed by atoms with E-state index in [2.05, 4.69) is 10.6 Å². The van der Waals surface area contributed by atoms with E-state index in [4.69, 9.17) is 45.9 Å². The van der Waals surface area contributed by atoms with Crippen molar-refractivity contribution in [3.05, 3.63) is 58.1 Å². The van der Waals surface area contributed by atoms with Crippen LogP contribution >= 0.6 is 35.4 Å². The van der Waals surface area contributed by atoms with Crippen LogP contribution in [0.15, 0.2) is 42.5 Å². The van der Waals surface area contributed by atoms with Gasteiger partial charge in [-0.05, 0) is 48.6 Å². The molecule has 0 aliphatic carbocycles. The summed E-state index contributed by atoms with van der Waals surface area (Å²) in [4.78, 5) is 11.0. The number of ether oxygens (including phenoxy) is 1. The lowest BCUT2D eigenvalue weighted by Gasteiger charge is -2.12. The molecular weight excluding hydrogens is 369 g/mol. The lowest BCUT2D eigenvalue weighted by Crippen LogP contribution is -2.31. The number of benzene rings is 2. The number of nitrogens with one attached hydrogen (secondary N) is 2. The smallest absolute Gasteiger partial charge is 0.248 e. The van der Waals surface area contributed by atoms with Crippen LogP contribution < -0.4 is 21.1 Å². The Hall–Kier alpha value is -2.02. The third-order valence-electron chi connectivity index (χ3n) is 2.97. The van der Waals surface area contributed by atoms with Crippen LogP contribution in [0, 0.1) is 0 Å². The van der Waals surface area contributed by atoms with Gasteiger partial charge >= 0.3 is 0 Å². The number of anilines is 1. The van der Waals surface area contributed by atoms with E-state index in [0.717, 1.165) is 5.69 Å². The molecule has 0 radical (unpaired) electrons. The molecule has 2 aromatic carbocycles. The zero-order valence-electron chi connectivity index (χ0n) is 12.5. The van der Waals surface area contributed by atoms with Crippen LogP contribution in [0.4, 0.5) is 5.69 Å². The van der Waals surface area contributed by atoms with E-state index in [1.807, 2.05) is 0 Å². The van der Waals surface area contributed by atoms with E-state index in [0.29, 0.717) is 39.6 Å². The van der Waals surface area contributed by atoms with E-state index in [-0.39, 0.29) is 0 Å². The Kier molecular flexibility index (Phi) is 6.66. The van der Waals surface area contributed by atoms with Gasteiger partial charge in [-0.2, -0.15) is 0 Å². The third-order valence-corrected chi connectivity index (χ3v) is 3.96. The van der Waals surface area contributed by atoms with Gasteiger partial charge in [0.05, 0.1) is 16.6 Å². The van der Waals surface area contributed by atoms with Crippen LogP contribution in [0.1, 0.15) is 10.4 Å². The van der Waals surface area contributed by atoms with Gasteiger partial charge in [0.15, 0.2) is 5.11 Å². The molecule has 0 heterocycles. The number of thiocarbonyl (C=S) groups is 1. The molecular formula is C16H15Cl2N3O2S. The van der Waals surface area contributed by atoms with Crippen molar-refractivity contribution in [2.75, 3.05) is 18.5 Å². The maximum absolute atomic E-state index is 11.0. The average molecular weight is 384 g/mol. The maximum atomic E-state index is 11.0. The Labute approximate surface area is 155 Å². The molecule has 2 aromatic rings. The van der Waals surface area contributed by atoms with Crippen LogP contribution in [-0.4, -0.2) is 24.2 Å². The van der Waals surface area contributed by atoms with Gasteiger partial charge < -0.3 is 21.1 Å². The predicted octanol–water partition coefficient (Wildman–Crippen LogP) is 3.46. The molecule has 0 fully saturated rings. The van der Waals surface area contributed by atoms with E-state index >= 15 is 0 Å². The second kappa shape index (κ2) is 8.73. The Balaban J connectivity index is 1.73. The molecule has 4 N–H and O–H groups in total. The number of hydrogen-bond donors (Lipinski definition) is 3. The fourth-order valence-corrected chi connectivity index (χ4v) is 2.30. The first kappa shape index (κ1) is 18.3. The van der Waals surface area contributed by atoms with E-state index in [1.165, 1.54) is 0 Å². The van der Waals surface area contributed by atoms with Crippen molar-refractivity contribution in [3.8, 4) is 5.75 Å². The molecule has 0 saturated heterocycles. The van der Waals surface area contributed by atoms with Gasteiger partial charge in [-0.3, -0.25) is 4.79 Å². The molecule has 24 heavy (non-hydrogen) atoms. The van der Waals surface area contributed by atoms with Gasteiger partial charge in [0.1, 0.15) is 12.4 Å². The molecule has 0 atom stereocenters. The quantitative estimate of drug-likeness (QED) is 0.525. The summed E-state index contributed by atoms with van der Waals surface area (Å²) < 4.78 is 5.54.